The lowest BCUT2D eigenvalue weighted by Crippen LogP contribution is -2.36. The molecule has 0 atom stereocenters. The molecule has 0 unspecified atom stereocenters. The van der Waals surface area contributed by atoms with Crippen LogP contribution in [-0.4, -0.2) is 45.8 Å². The summed E-state index contributed by atoms with van der Waals surface area (Å²) < 4.78 is 54.7. The van der Waals surface area contributed by atoms with E-state index in [1.165, 1.54) is 25.3 Å². The van der Waals surface area contributed by atoms with Crippen LogP contribution >= 0.6 is 0 Å². The molecule has 0 bridgehead atoms. The highest BCUT2D eigenvalue weighted by atomic mass is 32.2. The van der Waals surface area contributed by atoms with Gasteiger partial charge in [0.05, 0.1) is 23.9 Å². The number of methoxy groups -OCH3 is 1. The molecule has 1 aliphatic rings. The van der Waals surface area contributed by atoms with Crippen molar-refractivity contribution in [2.45, 2.75) is 18.1 Å². The fourth-order valence-corrected chi connectivity index (χ4v) is 5.50. The van der Waals surface area contributed by atoms with E-state index in [1.807, 2.05) is 0 Å². The van der Waals surface area contributed by atoms with Crippen LogP contribution in [0.4, 0.5) is 5.69 Å². The molecule has 2 N–H and O–H groups in total. The maximum absolute atomic E-state index is 12.3. The molecular weight excluding hydrogens is 318 g/mol. The van der Waals surface area contributed by atoms with E-state index in [-0.39, 0.29) is 41.5 Å². The number of sulfonamides is 1. The molecule has 1 heterocycles. The fourth-order valence-electron chi connectivity index (χ4n) is 2.20. The first-order valence-electron chi connectivity index (χ1n) is 6.33. The van der Waals surface area contributed by atoms with E-state index in [1.54, 1.807) is 0 Å². The van der Waals surface area contributed by atoms with Crippen LogP contribution in [0.1, 0.15) is 12.8 Å². The minimum atomic E-state index is -3.80. The lowest BCUT2D eigenvalue weighted by Gasteiger charge is -2.23. The van der Waals surface area contributed by atoms with E-state index in [4.69, 9.17) is 4.74 Å². The molecule has 118 valence electrons. The van der Waals surface area contributed by atoms with Crippen molar-refractivity contribution in [2.75, 3.05) is 23.3 Å². The van der Waals surface area contributed by atoms with Crippen LogP contribution in [0.25, 0.3) is 0 Å². The molecule has 1 fully saturated rings. The number of nitrogens with one attached hydrogen (secondary N) is 1. The Morgan fingerprint density at radius 2 is 1.90 bits per heavy atom. The van der Waals surface area contributed by atoms with E-state index in [9.17, 15) is 21.9 Å². The summed E-state index contributed by atoms with van der Waals surface area (Å²) in [6, 6.07) is 4.38. The lowest BCUT2D eigenvalue weighted by molar-refractivity contribution is 0.411. The molecule has 21 heavy (non-hydrogen) atoms. The quantitative estimate of drug-likeness (QED) is 0.785. The van der Waals surface area contributed by atoms with Crippen molar-refractivity contribution in [2.24, 2.45) is 0 Å². The van der Waals surface area contributed by atoms with Crippen molar-refractivity contribution in [1.29, 1.82) is 0 Å². The van der Waals surface area contributed by atoms with Gasteiger partial charge in [-0.2, -0.15) is 0 Å². The van der Waals surface area contributed by atoms with Crippen molar-refractivity contribution < 1.29 is 26.7 Å². The van der Waals surface area contributed by atoms with Gasteiger partial charge in [-0.3, -0.25) is 4.72 Å². The molecule has 1 aromatic rings. The molecule has 0 spiro atoms. The van der Waals surface area contributed by atoms with Gasteiger partial charge in [0.1, 0.15) is 27.0 Å². The van der Waals surface area contributed by atoms with Gasteiger partial charge in [0, 0.05) is 0 Å². The second kappa shape index (κ2) is 5.72. The maximum atomic E-state index is 12.3. The average Bonchev–Trinajstić information content (AvgIpc) is 2.40. The van der Waals surface area contributed by atoms with Gasteiger partial charge in [-0.1, -0.05) is 6.07 Å². The largest absolute Gasteiger partial charge is 0.506 e. The monoisotopic (exact) mass is 335 g/mol. The van der Waals surface area contributed by atoms with Crippen molar-refractivity contribution in [1.82, 2.24) is 0 Å². The first kappa shape index (κ1) is 15.9. The number of benzene rings is 1. The third-order valence-electron chi connectivity index (χ3n) is 3.41. The standard InChI is InChI=1S/C12H17NO6S2/c1-19-11-4-2-3-10(14)12(11)13-21(17,18)9-5-7-20(15,16)8-6-9/h2-4,9,13-14H,5-8H2,1H3. The molecule has 1 aliphatic heterocycles. The van der Waals surface area contributed by atoms with Crippen molar-refractivity contribution in [3.8, 4) is 11.5 Å². The van der Waals surface area contributed by atoms with Crippen molar-refractivity contribution >= 4 is 25.5 Å². The summed E-state index contributed by atoms with van der Waals surface area (Å²) in [6.07, 6.45) is 0.0984. The van der Waals surface area contributed by atoms with Crippen LogP contribution in [0.2, 0.25) is 0 Å². The third kappa shape index (κ3) is 3.59. The Bertz CT molecular complexity index is 712. The van der Waals surface area contributed by atoms with Crippen molar-refractivity contribution in [3.05, 3.63) is 18.2 Å². The first-order chi connectivity index (χ1) is 9.75. The van der Waals surface area contributed by atoms with Gasteiger partial charge in [0.15, 0.2) is 0 Å². The zero-order valence-electron chi connectivity index (χ0n) is 11.4. The number of phenols is 1. The smallest absolute Gasteiger partial charge is 0.235 e. The predicted molar refractivity (Wildman–Crippen MR) is 78.9 cm³/mol. The van der Waals surface area contributed by atoms with Crippen LogP contribution in [0.5, 0.6) is 11.5 Å². The number of hydrogen-bond donors (Lipinski definition) is 2. The summed E-state index contributed by atoms with van der Waals surface area (Å²) in [4.78, 5) is 0. The molecule has 0 aromatic heterocycles. The van der Waals surface area contributed by atoms with Gasteiger partial charge in [-0.05, 0) is 25.0 Å². The third-order valence-corrected chi connectivity index (χ3v) is 6.96. The Hall–Kier alpha value is -1.48. The van der Waals surface area contributed by atoms with Gasteiger partial charge >= 0.3 is 0 Å². The molecule has 0 aliphatic carbocycles. The van der Waals surface area contributed by atoms with Gasteiger partial charge < -0.3 is 9.84 Å². The van der Waals surface area contributed by atoms with Gasteiger partial charge in [-0.25, -0.2) is 16.8 Å². The summed E-state index contributed by atoms with van der Waals surface area (Å²) in [6.45, 7) is 0. The van der Waals surface area contributed by atoms with Crippen LogP contribution in [-0.2, 0) is 19.9 Å². The lowest BCUT2D eigenvalue weighted by atomic mass is 10.2. The molecule has 0 saturated carbocycles. The number of anilines is 1. The van der Waals surface area contributed by atoms with Crippen LogP contribution in [0, 0.1) is 0 Å². The molecule has 1 saturated heterocycles. The first-order valence-corrected chi connectivity index (χ1v) is 9.70. The number of ether oxygens (including phenoxy) is 1. The summed E-state index contributed by atoms with van der Waals surface area (Å²) in [5.74, 6) is -0.337. The minimum Gasteiger partial charge on any atom is -0.506 e. The number of hydrogen-bond acceptors (Lipinski definition) is 6. The summed E-state index contributed by atoms with van der Waals surface area (Å²) in [7, 11) is -5.57. The number of sulfone groups is 1. The van der Waals surface area contributed by atoms with Gasteiger partial charge in [-0.15, -0.1) is 0 Å². The highest BCUT2D eigenvalue weighted by Crippen LogP contribution is 2.35. The highest BCUT2D eigenvalue weighted by molar-refractivity contribution is 7.94. The second-order valence-corrected chi connectivity index (χ2v) is 9.12. The Morgan fingerprint density at radius 1 is 1.29 bits per heavy atom. The van der Waals surface area contributed by atoms with Crippen molar-refractivity contribution in [3.63, 3.8) is 0 Å². The summed E-state index contributed by atoms with van der Waals surface area (Å²) in [5.41, 5.74) is -0.0339. The number of rotatable bonds is 4. The van der Waals surface area contributed by atoms with E-state index in [0.29, 0.717) is 0 Å². The van der Waals surface area contributed by atoms with E-state index >= 15 is 0 Å². The van der Waals surface area contributed by atoms with E-state index < -0.39 is 25.1 Å². The average molecular weight is 335 g/mol. The SMILES string of the molecule is COc1cccc(O)c1NS(=O)(=O)C1CCS(=O)(=O)CC1. The Morgan fingerprint density at radius 3 is 2.48 bits per heavy atom. The van der Waals surface area contributed by atoms with Gasteiger partial charge in [0.2, 0.25) is 10.0 Å². The maximum Gasteiger partial charge on any atom is 0.235 e. The topological polar surface area (TPSA) is 110 Å². The summed E-state index contributed by atoms with van der Waals surface area (Å²) >= 11 is 0. The van der Waals surface area contributed by atoms with E-state index in [0.717, 1.165) is 0 Å². The number of phenolic OH excluding ortho intramolecular Hbond substituents is 1. The summed E-state index contributed by atoms with van der Waals surface area (Å²) in [5, 5.41) is 8.96. The van der Waals surface area contributed by atoms with Crippen LogP contribution in [0.3, 0.4) is 0 Å². The number of para-hydroxylation sites is 1. The zero-order chi connectivity index (χ0) is 15.7. The highest BCUT2D eigenvalue weighted by Gasteiger charge is 2.33. The Labute approximate surface area is 123 Å². The normalized spacial score (nSPS) is 19.1. The van der Waals surface area contributed by atoms with E-state index in [2.05, 4.69) is 4.72 Å². The van der Waals surface area contributed by atoms with Crippen LogP contribution in [0.15, 0.2) is 18.2 Å². The fraction of sp³-hybridized carbons (Fsp3) is 0.500. The molecule has 9 heteroatoms. The molecular formula is C12H17NO6S2. The molecule has 7 nitrogen and oxygen atoms in total. The Balaban J connectivity index is 2.23. The van der Waals surface area contributed by atoms with Crippen LogP contribution < -0.4 is 9.46 Å². The molecule has 0 radical (unpaired) electrons. The Kier molecular flexibility index (Phi) is 4.33. The molecule has 0 amide bonds. The van der Waals surface area contributed by atoms with Gasteiger partial charge in [0.25, 0.3) is 0 Å². The second-order valence-electron chi connectivity index (χ2n) is 4.85. The predicted octanol–water partition coefficient (Wildman–Crippen LogP) is 0.720. The zero-order valence-corrected chi connectivity index (χ0v) is 13.1. The molecule has 2 rings (SSSR count). The minimum absolute atomic E-state index is 0.0339. The number of aromatic hydroxyl groups is 1. The molecule has 1 aromatic carbocycles.